The molecule has 3 aliphatic heterocycles. The van der Waals surface area contributed by atoms with Crippen LogP contribution in [0.25, 0.3) is 11.7 Å². The van der Waals surface area contributed by atoms with Gasteiger partial charge >= 0.3 is 0 Å². The second-order valence-electron chi connectivity index (χ2n) is 9.45. The molecule has 0 radical (unpaired) electrons. The number of thiocarbonyl (C=S) groups is 1. The highest BCUT2D eigenvalue weighted by molar-refractivity contribution is 8.26. The molecule has 0 saturated carbocycles. The molecule has 3 aliphatic rings. The lowest BCUT2D eigenvalue weighted by atomic mass is 10.2. The molecule has 37 heavy (non-hydrogen) atoms. The number of pyridine rings is 1. The quantitative estimate of drug-likeness (QED) is 0.358. The highest BCUT2D eigenvalue weighted by Gasteiger charge is 2.33. The fourth-order valence-corrected chi connectivity index (χ4v) is 6.12. The van der Waals surface area contributed by atoms with E-state index in [0.717, 1.165) is 49.9 Å². The van der Waals surface area contributed by atoms with Gasteiger partial charge in [0, 0.05) is 19.3 Å². The van der Waals surface area contributed by atoms with Crippen molar-refractivity contribution < 1.29 is 14.3 Å². The Kier molecular flexibility index (Phi) is 6.37. The van der Waals surface area contributed by atoms with E-state index >= 15 is 0 Å². The maximum Gasteiger partial charge on any atom is 0.267 e. The number of benzene rings is 1. The summed E-state index contributed by atoms with van der Waals surface area (Å²) in [5.41, 5.74) is 2.68. The van der Waals surface area contributed by atoms with E-state index in [1.807, 2.05) is 37.3 Å². The smallest absolute Gasteiger partial charge is 0.267 e. The topological polar surface area (TPSA) is 76.4 Å². The number of hydrogen-bond acceptors (Lipinski definition) is 8. The summed E-state index contributed by atoms with van der Waals surface area (Å²) in [4.78, 5) is 36.3. The number of carbonyl (C=O) groups is 1. The molecule has 3 aromatic rings. The number of thioether (sulfide) groups is 1. The fourth-order valence-electron chi connectivity index (χ4n) is 4.89. The van der Waals surface area contributed by atoms with Crippen LogP contribution in [-0.2, 0) is 11.3 Å². The van der Waals surface area contributed by atoms with E-state index in [2.05, 4.69) is 4.90 Å². The van der Waals surface area contributed by atoms with Gasteiger partial charge in [0.15, 0.2) is 11.5 Å². The molecule has 6 rings (SSSR count). The number of fused-ring (bicyclic) bond motifs is 2. The summed E-state index contributed by atoms with van der Waals surface area (Å²) < 4.78 is 12.9. The number of amides is 1. The largest absolute Gasteiger partial charge is 0.454 e. The predicted octanol–water partition coefficient (Wildman–Crippen LogP) is 4.51. The Morgan fingerprint density at radius 2 is 1.84 bits per heavy atom. The summed E-state index contributed by atoms with van der Waals surface area (Å²) in [5, 5.41) is 0. The van der Waals surface area contributed by atoms with Crippen molar-refractivity contribution in [2.24, 2.45) is 0 Å². The van der Waals surface area contributed by atoms with Crippen molar-refractivity contribution in [2.75, 3.05) is 24.8 Å². The van der Waals surface area contributed by atoms with Crippen LogP contribution in [0.1, 0.15) is 42.4 Å². The average molecular weight is 535 g/mol. The molecular weight excluding hydrogens is 508 g/mol. The Morgan fingerprint density at radius 3 is 2.65 bits per heavy atom. The van der Waals surface area contributed by atoms with Crippen LogP contribution in [0.5, 0.6) is 11.5 Å². The van der Waals surface area contributed by atoms with Gasteiger partial charge in [0.2, 0.25) is 6.79 Å². The van der Waals surface area contributed by atoms with Gasteiger partial charge in [-0.15, -0.1) is 0 Å². The van der Waals surface area contributed by atoms with Gasteiger partial charge in [0.1, 0.15) is 15.8 Å². The van der Waals surface area contributed by atoms with E-state index in [1.54, 1.807) is 21.6 Å². The van der Waals surface area contributed by atoms with Crippen LogP contribution in [0.4, 0.5) is 5.82 Å². The molecular formula is C27H26N4O4S2. The standard InChI is InChI=1S/C27H26N4O4S2/c1-17-6-9-23-28-24(29-10-4-2-3-5-11-29)19(25(32)30(23)14-17)13-22-26(33)31(27(36)37-22)15-18-7-8-20-21(12-18)35-16-34-20/h6-9,12-14H,2-5,10-11,15-16H2,1H3. The maximum atomic E-state index is 13.7. The molecule has 2 aromatic heterocycles. The van der Waals surface area contributed by atoms with Gasteiger partial charge in [0.25, 0.3) is 11.5 Å². The summed E-state index contributed by atoms with van der Waals surface area (Å²) in [6.07, 6.45) is 7.90. The molecule has 0 bridgehead atoms. The Labute approximate surface area is 223 Å². The zero-order valence-corrected chi connectivity index (χ0v) is 22.1. The van der Waals surface area contributed by atoms with Crippen molar-refractivity contribution in [1.82, 2.24) is 14.3 Å². The highest BCUT2D eigenvalue weighted by atomic mass is 32.2. The third-order valence-electron chi connectivity index (χ3n) is 6.82. The minimum Gasteiger partial charge on any atom is -0.454 e. The molecule has 0 N–H and O–H groups in total. The summed E-state index contributed by atoms with van der Waals surface area (Å²) in [7, 11) is 0. The Morgan fingerprint density at radius 1 is 1.05 bits per heavy atom. The number of hydrogen-bond donors (Lipinski definition) is 0. The van der Waals surface area contributed by atoms with Crippen molar-refractivity contribution in [1.29, 1.82) is 0 Å². The first kappa shape index (κ1) is 24.0. The van der Waals surface area contributed by atoms with Gasteiger partial charge in [-0.2, -0.15) is 0 Å². The van der Waals surface area contributed by atoms with Crippen LogP contribution in [0.2, 0.25) is 0 Å². The number of aromatic nitrogens is 2. The maximum absolute atomic E-state index is 13.7. The molecule has 2 saturated heterocycles. The van der Waals surface area contributed by atoms with Gasteiger partial charge in [-0.3, -0.25) is 18.9 Å². The molecule has 8 nitrogen and oxygen atoms in total. The minimum atomic E-state index is -0.219. The van der Waals surface area contributed by atoms with Gasteiger partial charge in [0.05, 0.1) is 17.0 Å². The number of aryl methyl sites for hydroxylation is 1. The third-order valence-corrected chi connectivity index (χ3v) is 8.20. The molecule has 5 heterocycles. The molecule has 1 aromatic carbocycles. The lowest BCUT2D eigenvalue weighted by Gasteiger charge is -2.23. The van der Waals surface area contributed by atoms with Crippen molar-refractivity contribution in [3.63, 3.8) is 0 Å². The van der Waals surface area contributed by atoms with Crippen molar-refractivity contribution in [3.8, 4) is 11.5 Å². The van der Waals surface area contributed by atoms with E-state index in [1.165, 1.54) is 11.8 Å². The average Bonchev–Trinajstić information content (AvgIpc) is 3.33. The molecule has 10 heteroatoms. The van der Waals surface area contributed by atoms with E-state index in [4.69, 9.17) is 26.7 Å². The summed E-state index contributed by atoms with van der Waals surface area (Å²) in [6, 6.07) is 9.42. The number of rotatable bonds is 4. The highest BCUT2D eigenvalue weighted by Crippen LogP contribution is 2.37. The molecule has 0 aliphatic carbocycles. The second-order valence-corrected chi connectivity index (χ2v) is 11.1. The van der Waals surface area contributed by atoms with Gasteiger partial charge < -0.3 is 14.4 Å². The zero-order chi connectivity index (χ0) is 25.5. The fraction of sp³-hybridized carbons (Fsp3) is 0.333. The summed E-state index contributed by atoms with van der Waals surface area (Å²) >= 11 is 6.79. The molecule has 1 amide bonds. The monoisotopic (exact) mass is 534 g/mol. The van der Waals surface area contributed by atoms with E-state index < -0.39 is 0 Å². The van der Waals surface area contributed by atoms with Crippen molar-refractivity contribution >= 4 is 51.7 Å². The van der Waals surface area contributed by atoms with Gasteiger partial charge in [-0.25, -0.2) is 4.98 Å². The van der Waals surface area contributed by atoms with E-state index in [-0.39, 0.29) is 18.3 Å². The minimum absolute atomic E-state index is 0.186. The molecule has 190 valence electrons. The zero-order valence-electron chi connectivity index (χ0n) is 20.4. The summed E-state index contributed by atoms with van der Waals surface area (Å²) in [5.74, 6) is 1.76. The van der Waals surface area contributed by atoms with E-state index in [9.17, 15) is 9.59 Å². The first-order valence-electron chi connectivity index (χ1n) is 12.4. The number of anilines is 1. The first-order valence-corrected chi connectivity index (χ1v) is 13.6. The lowest BCUT2D eigenvalue weighted by Crippen LogP contribution is -2.30. The van der Waals surface area contributed by atoms with Crippen LogP contribution in [0, 0.1) is 6.92 Å². The SMILES string of the molecule is Cc1ccc2nc(N3CCCCCC3)c(C=C3SC(=S)N(Cc4ccc5c(c4)OCO5)C3=O)c(=O)n2c1. The third kappa shape index (κ3) is 4.59. The van der Waals surface area contributed by atoms with Crippen molar-refractivity contribution in [3.05, 3.63) is 68.5 Å². The van der Waals surface area contributed by atoms with Crippen molar-refractivity contribution in [2.45, 2.75) is 39.2 Å². The van der Waals surface area contributed by atoms with Gasteiger partial charge in [-0.05, 0) is 55.2 Å². The molecule has 0 atom stereocenters. The predicted molar refractivity (Wildman–Crippen MR) is 148 cm³/mol. The lowest BCUT2D eigenvalue weighted by molar-refractivity contribution is -0.122. The Hall–Kier alpha value is -3.37. The molecule has 0 unspecified atom stereocenters. The molecule has 0 spiro atoms. The van der Waals surface area contributed by atoms with Crippen LogP contribution in [0.15, 0.2) is 46.2 Å². The van der Waals surface area contributed by atoms with Crippen LogP contribution < -0.4 is 19.9 Å². The Bertz CT molecular complexity index is 1510. The Balaban J connectivity index is 1.38. The van der Waals surface area contributed by atoms with Gasteiger partial charge in [-0.1, -0.05) is 49.0 Å². The second kappa shape index (κ2) is 9.83. The summed E-state index contributed by atoms with van der Waals surface area (Å²) in [6.45, 7) is 4.11. The number of nitrogens with zero attached hydrogens (tertiary/aromatic N) is 4. The normalized spacial score (nSPS) is 18.8. The number of ether oxygens (including phenoxy) is 2. The molecule has 2 fully saturated rings. The van der Waals surface area contributed by atoms with Crippen LogP contribution in [0.3, 0.4) is 0 Å². The first-order chi connectivity index (χ1) is 18.0. The van der Waals surface area contributed by atoms with Crippen LogP contribution in [-0.4, -0.2) is 44.4 Å². The van der Waals surface area contributed by atoms with Crippen LogP contribution >= 0.6 is 24.0 Å². The number of carbonyl (C=O) groups excluding carboxylic acids is 1. The van der Waals surface area contributed by atoms with E-state index in [0.29, 0.717) is 44.3 Å².